The lowest BCUT2D eigenvalue weighted by Gasteiger charge is -2.13. The largest absolute Gasteiger partial charge is 0.493 e. The van der Waals surface area contributed by atoms with E-state index in [1.165, 1.54) is 23.8 Å². The molecule has 0 fully saturated rings. The molecule has 1 heterocycles. The van der Waals surface area contributed by atoms with Crippen molar-refractivity contribution >= 4 is 11.8 Å². The van der Waals surface area contributed by atoms with Crippen LogP contribution in [0, 0.1) is 12.8 Å². The molecular formula is C27H31N3O5. The van der Waals surface area contributed by atoms with Crippen LogP contribution in [0.5, 0.6) is 11.5 Å². The molecule has 8 heteroatoms. The molecule has 0 radical (unpaired) electrons. The first kappa shape index (κ1) is 25.6. The zero-order valence-corrected chi connectivity index (χ0v) is 20.5. The quantitative estimate of drug-likeness (QED) is 0.458. The molecule has 2 aromatic carbocycles. The van der Waals surface area contributed by atoms with Gasteiger partial charge in [-0.1, -0.05) is 43.7 Å². The van der Waals surface area contributed by atoms with E-state index in [2.05, 4.69) is 24.7 Å². The number of carbonyl (C=O) groups excluding carboxylic acids is 2. The van der Waals surface area contributed by atoms with Gasteiger partial charge in [-0.2, -0.15) is 0 Å². The van der Waals surface area contributed by atoms with Crippen LogP contribution in [0.15, 0.2) is 65.6 Å². The zero-order chi connectivity index (χ0) is 25.4. The normalized spacial score (nSPS) is 10.7. The average Bonchev–Trinajstić information content (AvgIpc) is 2.83. The summed E-state index contributed by atoms with van der Waals surface area (Å²) in [6, 6.07) is 15.6. The highest BCUT2D eigenvalue weighted by Crippen LogP contribution is 2.28. The lowest BCUT2D eigenvalue weighted by atomic mass is 10.1. The Hall–Kier alpha value is -4.07. The van der Waals surface area contributed by atoms with Gasteiger partial charge in [0.2, 0.25) is 0 Å². The molecule has 2 N–H and O–H groups in total. The number of hydrogen-bond acceptors (Lipinski definition) is 5. The molecule has 35 heavy (non-hydrogen) atoms. The highest BCUT2D eigenvalue weighted by Gasteiger charge is 2.16. The van der Waals surface area contributed by atoms with E-state index < -0.39 is 17.4 Å². The van der Waals surface area contributed by atoms with E-state index in [1.54, 1.807) is 24.4 Å². The molecule has 3 rings (SSSR count). The van der Waals surface area contributed by atoms with Crippen LogP contribution >= 0.6 is 0 Å². The van der Waals surface area contributed by atoms with Crippen molar-refractivity contribution in [1.82, 2.24) is 15.4 Å². The van der Waals surface area contributed by atoms with Gasteiger partial charge in [0.1, 0.15) is 5.56 Å². The number of hydrogen-bond donors (Lipinski definition) is 2. The lowest BCUT2D eigenvalue weighted by Crippen LogP contribution is -2.44. The smallest absolute Gasteiger partial charge is 0.275 e. The number of benzene rings is 2. The van der Waals surface area contributed by atoms with Crippen LogP contribution in [0.25, 0.3) is 0 Å². The third-order valence-corrected chi connectivity index (χ3v) is 5.37. The number of nitrogens with zero attached hydrogens (tertiary/aromatic N) is 1. The number of pyridine rings is 1. The minimum atomic E-state index is -0.706. The molecule has 3 aromatic rings. The van der Waals surface area contributed by atoms with Gasteiger partial charge in [0, 0.05) is 11.8 Å². The summed E-state index contributed by atoms with van der Waals surface area (Å²) in [7, 11) is 1.49. The predicted octanol–water partition coefficient (Wildman–Crippen LogP) is 3.71. The molecule has 0 saturated heterocycles. The second kappa shape index (κ2) is 11.9. The molecule has 2 amide bonds. The fourth-order valence-corrected chi connectivity index (χ4v) is 3.43. The molecule has 184 valence electrons. The molecule has 0 aliphatic heterocycles. The number of aryl methyl sites for hydroxylation is 1. The van der Waals surface area contributed by atoms with Crippen LogP contribution < -0.4 is 25.9 Å². The molecule has 0 aliphatic rings. The van der Waals surface area contributed by atoms with Gasteiger partial charge < -0.3 is 14.0 Å². The molecule has 8 nitrogen and oxygen atoms in total. The van der Waals surface area contributed by atoms with Crippen molar-refractivity contribution in [3.63, 3.8) is 0 Å². The van der Waals surface area contributed by atoms with Gasteiger partial charge >= 0.3 is 0 Å². The Morgan fingerprint density at radius 2 is 1.74 bits per heavy atom. The maximum absolute atomic E-state index is 12.8. The van der Waals surface area contributed by atoms with E-state index in [-0.39, 0.29) is 11.1 Å². The minimum absolute atomic E-state index is 0.0769. The Morgan fingerprint density at radius 3 is 2.46 bits per heavy atom. The van der Waals surface area contributed by atoms with E-state index in [1.807, 2.05) is 31.2 Å². The molecule has 0 atom stereocenters. The molecule has 0 saturated carbocycles. The number of hydrazine groups is 1. The first-order chi connectivity index (χ1) is 16.8. The van der Waals surface area contributed by atoms with Gasteiger partial charge in [-0.25, -0.2) is 0 Å². The third-order valence-electron chi connectivity index (χ3n) is 5.37. The Kier molecular flexibility index (Phi) is 8.67. The number of ether oxygens (including phenoxy) is 2. The SMILES string of the molecule is COc1cc(C(=O)NNC(=O)c2cccn(Cc3cccc(C)c3)c2=O)ccc1OCCC(C)C. The summed E-state index contributed by atoms with van der Waals surface area (Å²) in [6.45, 7) is 7.06. The van der Waals surface area contributed by atoms with Gasteiger partial charge in [0.25, 0.3) is 17.4 Å². The van der Waals surface area contributed by atoms with Crippen LogP contribution in [0.1, 0.15) is 52.1 Å². The van der Waals surface area contributed by atoms with Crippen LogP contribution in [-0.4, -0.2) is 30.1 Å². The summed E-state index contributed by atoms with van der Waals surface area (Å²) in [5, 5.41) is 0. The van der Waals surface area contributed by atoms with Gasteiger partial charge in [0.05, 0.1) is 20.3 Å². The molecule has 0 aliphatic carbocycles. The van der Waals surface area contributed by atoms with Crippen molar-refractivity contribution in [3.8, 4) is 11.5 Å². The zero-order valence-electron chi connectivity index (χ0n) is 20.5. The Morgan fingerprint density at radius 1 is 0.971 bits per heavy atom. The van der Waals surface area contributed by atoms with Crippen LogP contribution in [0.4, 0.5) is 0 Å². The third kappa shape index (κ3) is 6.96. The number of aromatic nitrogens is 1. The highest BCUT2D eigenvalue weighted by atomic mass is 16.5. The predicted molar refractivity (Wildman–Crippen MR) is 134 cm³/mol. The van der Waals surface area contributed by atoms with Gasteiger partial charge in [-0.15, -0.1) is 0 Å². The molecule has 0 unspecified atom stereocenters. The van der Waals surface area contributed by atoms with Crippen molar-refractivity contribution < 1.29 is 19.1 Å². The van der Waals surface area contributed by atoms with Crippen molar-refractivity contribution in [2.24, 2.45) is 5.92 Å². The van der Waals surface area contributed by atoms with Crippen LogP contribution in [0.2, 0.25) is 0 Å². The molecule has 0 spiro atoms. The number of nitrogens with one attached hydrogen (secondary N) is 2. The van der Waals surface area contributed by atoms with E-state index in [0.717, 1.165) is 17.5 Å². The Labute approximate surface area is 204 Å². The monoisotopic (exact) mass is 477 g/mol. The molecular weight excluding hydrogens is 446 g/mol. The number of amides is 2. The van der Waals surface area contributed by atoms with Crippen molar-refractivity contribution in [3.05, 3.63) is 93.4 Å². The minimum Gasteiger partial charge on any atom is -0.493 e. The molecule has 1 aromatic heterocycles. The summed E-state index contributed by atoms with van der Waals surface area (Å²) in [5.41, 5.74) is 6.43. The maximum Gasteiger partial charge on any atom is 0.275 e. The first-order valence-corrected chi connectivity index (χ1v) is 11.4. The van der Waals surface area contributed by atoms with Crippen molar-refractivity contribution in [1.29, 1.82) is 0 Å². The van der Waals surface area contributed by atoms with Crippen molar-refractivity contribution in [2.45, 2.75) is 33.7 Å². The topological polar surface area (TPSA) is 98.7 Å². The Bertz CT molecular complexity index is 1250. The van der Waals surface area contributed by atoms with Crippen LogP contribution in [0.3, 0.4) is 0 Å². The van der Waals surface area contributed by atoms with Crippen LogP contribution in [-0.2, 0) is 6.54 Å². The Balaban J connectivity index is 1.65. The van der Waals surface area contributed by atoms with Gasteiger partial charge in [-0.3, -0.25) is 25.2 Å². The van der Waals surface area contributed by atoms with Crippen molar-refractivity contribution in [2.75, 3.05) is 13.7 Å². The van der Waals surface area contributed by atoms with Gasteiger partial charge in [0.15, 0.2) is 11.5 Å². The van der Waals surface area contributed by atoms with E-state index in [0.29, 0.717) is 30.6 Å². The average molecular weight is 478 g/mol. The summed E-state index contributed by atoms with van der Waals surface area (Å²) < 4.78 is 12.5. The second-order valence-electron chi connectivity index (χ2n) is 8.65. The fraction of sp³-hybridized carbons (Fsp3) is 0.296. The fourth-order valence-electron chi connectivity index (χ4n) is 3.43. The molecule has 0 bridgehead atoms. The van der Waals surface area contributed by atoms with E-state index in [9.17, 15) is 14.4 Å². The van der Waals surface area contributed by atoms with E-state index in [4.69, 9.17) is 9.47 Å². The number of carbonyl (C=O) groups is 2. The van der Waals surface area contributed by atoms with Gasteiger partial charge in [-0.05, 0) is 55.2 Å². The maximum atomic E-state index is 12.8. The second-order valence-corrected chi connectivity index (χ2v) is 8.65. The summed E-state index contributed by atoms with van der Waals surface area (Å²) >= 11 is 0. The highest BCUT2D eigenvalue weighted by molar-refractivity contribution is 5.99. The number of rotatable bonds is 9. The van der Waals surface area contributed by atoms with E-state index >= 15 is 0 Å². The number of methoxy groups -OCH3 is 1. The summed E-state index contributed by atoms with van der Waals surface area (Å²) in [5.74, 6) is 0.192. The summed E-state index contributed by atoms with van der Waals surface area (Å²) in [6.07, 6.45) is 2.51. The first-order valence-electron chi connectivity index (χ1n) is 11.4. The standard InChI is InChI=1S/C27H31N3O5/c1-18(2)12-14-35-23-11-10-21(16-24(23)34-4)25(31)28-29-26(32)22-9-6-13-30(27(22)33)17-20-8-5-7-19(3)15-20/h5-11,13,15-16,18H,12,14,17H2,1-4H3,(H,28,31)(H,29,32). The lowest BCUT2D eigenvalue weighted by molar-refractivity contribution is 0.0845. The summed E-state index contributed by atoms with van der Waals surface area (Å²) in [4.78, 5) is 38.0.